The van der Waals surface area contributed by atoms with Crippen LogP contribution in [-0.2, 0) is 0 Å². The first-order chi connectivity index (χ1) is 13.0. The van der Waals surface area contributed by atoms with Gasteiger partial charge in [0.2, 0.25) is 0 Å². The van der Waals surface area contributed by atoms with Crippen molar-refractivity contribution in [3.8, 4) is 11.5 Å². The number of nitrogens with one attached hydrogen (secondary N) is 2. The number of thiophene rings is 1. The molecule has 0 bridgehead atoms. The molecular formula is C20H19N3O3S. The van der Waals surface area contributed by atoms with E-state index in [4.69, 9.17) is 4.74 Å². The fourth-order valence-electron chi connectivity index (χ4n) is 2.35. The van der Waals surface area contributed by atoms with E-state index in [1.165, 1.54) is 11.3 Å². The molecule has 0 unspecified atom stereocenters. The highest BCUT2D eigenvalue weighted by molar-refractivity contribution is 7.14. The number of rotatable bonds is 6. The summed E-state index contributed by atoms with van der Waals surface area (Å²) in [5.74, 6) is 0.661. The van der Waals surface area contributed by atoms with Crippen LogP contribution in [0, 0.1) is 0 Å². The Balaban J connectivity index is 1.73. The lowest BCUT2D eigenvalue weighted by molar-refractivity contribution is 0.0858. The van der Waals surface area contributed by atoms with Crippen LogP contribution in [0.4, 0.5) is 5.00 Å². The zero-order valence-electron chi connectivity index (χ0n) is 14.9. The Hall–Kier alpha value is -3.16. The Labute approximate surface area is 161 Å². The van der Waals surface area contributed by atoms with Gasteiger partial charge in [-0.2, -0.15) is 0 Å². The summed E-state index contributed by atoms with van der Waals surface area (Å²) in [6.07, 6.45) is 0. The fraction of sp³-hybridized carbons (Fsp3) is 0.100. The summed E-state index contributed by atoms with van der Waals surface area (Å²) in [7, 11) is 3.45. The quantitative estimate of drug-likeness (QED) is 0.633. The van der Waals surface area contributed by atoms with Crippen LogP contribution in [0.15, 0.2) is 66.0 Å². The fourth-order valence-corrected chi connectivity index (χ4v) is 3.13. The van der Waals surface area contributed by atoms with E-state index in [0.717, 1.165) is 0 Å². The van der Waals surface area contributed by atoms with Crippen LogP contribution in [0.3, 0.4) is 0 Å². The molecule has 2 amide bonds. The van der Waals surface area contributed by atoms with Crippen LogP contribution in [0.25, 0.3) is 0 Å². The van der Waals surface area contributed by atoms with Crippen molar-refractivity contribution in [2.75, 3.05) is 19.4 Å². The maximum atomic E-state index is 12.6. The predicted octanol–water partition coefficient (Wildman–Crippen LogP) is 4.00. The predicted molar refractivity (Wildman–Crippen MR) is 106 cm³/mol. The Kier molecular flexibility index (Phi) is 5.85. The maximum absolute atomic E-state index is 12.6. The van der Waals surface area contributed by atoms with Crippen LogP contribution < -0.4 is 15.5 Å². The van der Waals surface area contributed by atoms with E-state index in [9.17, 15) is 9.59 Å². The van der Waals surface area contributed by atoms with Crippen LogP contribution in [-0.4, -0.2) is 30.9 Å². The van der Waals surface area contributed by atoms with Gasteiger partial charge in [-0.15, -0.1) is 11.3 Å². The number of para-hydroxylation sites is 1. The first-order valence-electron chi connectivity index (χ1n) is 8.23. The van der Waals surface area contributed by atoms with Crippen molar-refractivity contribution in [1.29, 1.82) is 0 Å². The van der Waals surface area contributed by atoms with E-state index in [1.807, 2.05) is 30.3 Å². The van der Waals surface area contributed by atoms with Crippen molar-refractivity contribution in [1.82, 2.24) is 10.4 Å². The first kappa shape index (κ1) is 18.6. The van der Waals surface area contributed by atoms with Crippen molar-refractivity contribution < 1.29 is 14.3 Å². The SMILES string of the molecule is CN(C)NC(=O)c1ccsc1NC(=O)c1cccc(Oc2ccccc2)c1. The molecule has 0 aliphatic rings. The van der Waals surface area contributed by atoms with Gasteiger partial charge in [0.25, 0.3) is 11.8 Å². The Morgan fingerprint density at radius 2 is 1.67 bits per heavy atom. The molecule has 1 heterocycles. The van der Waals surface area contributed by atoms with Crippen molar-refractivity contribution in [2.45, 2.75) is 0 Å². The molecule has 0 aliphatic heterocycles. The molecule has 0 atom stereocenters. The minimum atomic E-state index is -0.310. The standard InChI is InChI=1S/C20H19N3O3S/c1-23(2)22-19(25)17-11-12-27-20(17)21-18(24)14-7-6-10-16(13-14)26-15-8-4-3-5-9-15/h3-13H,1-2H3,(H,21,24)(H,22,25). The lowest BCUT2D eigenvalue weighted by Crippen LogP contribution is -2.36. The number of carbonyl (C=O) groups excluding carboxylic acids is 2. The van der Waals surface area contributed by atoms with Crippen molar-refractivity contribution in [2.24, 2.45) is 0 Å². The lowest BCUT2D eigenvalue weighted by Gasteiger charge is -2.12. The number of amides is 2. The number of hydrogen-bond acceptors (Lipinski definition) is 5. The van der Waals surface area contributed by atoms with Gasteiger partial charge >= 0.3 is 0 Å². The molecule has 27 heavy (non-hydrogen) atoms. The lowest BCUT2D eigenvalue weighted by atomic mass is 10.2. The highest BCUT2D eigenvalue weighted by Crippen LogP contribution is 2.25. The molecule has 0 spiro atoms. The number of hydrogen-bond donors (Lipinski definition) is 2. The molecule has 0 saturated heterocycles. The van der Waals surface area contributed by atoms with Gasteiger partial charge in [-0.3, -0.25) is 15.0 Å². The van der Waals surface area contributed by atoms with E-state index < -0.39 is 0 Å². The molecule has 138 valence electrons. The van der Waals surface area contributed by atoms with Gasteiger partial charge in [0.1, 0.15) is 16.5 Å². The number of nitrogens with zero attached hydrogens (tertiary/aromatic N) is 1. The Morgan fingerprint density at radius 3 is 2.41 bits per heavy atom. The van der Waals surface area contributed by atoms with Gasteiger partial charge in [-0.25, -0.2) is 5.01 Å². The molecule has 3 rings (SSSR count). The van der Waals surface area contributed by atoms with Crippen LogP contribution >= 0.6 is 11.3 Å². The summed E-state index contributed by atoms with van der Waals surface area (Å²) in [5.41, 5.74) is 3.52. The van der Waals surface area contributed by atoms with Gasteiger partial charge in [-0.1, -0.05) is 24.3 Å². The molecule has 2 aromatic carbocycles. The van der Waals surface area contributed by atoms with E-state index in [1.54, 1.807) is 54.8 Å². The molecule has 0 fully saturated rings. The third-order valence-electron chi connectivity index (χ3n) is 3.54. The van der Waals surface area contributed by atoms with Gasteiger partial charge in [0.05, 0.1) is 5.56 Å². The smallest absolute Gasteiger partial charge is 0.268 e. The third kappa shape index (κ3) is 4.93. The van der Waals surface area contributed by atoms with Gasteiger partial charge in [0.15, 0.2) is 0 Å². The average Bonchev–Trinajstić information content (AvgIpc) is 3.10. The zero-order valence-corrected chi connectivity index (χ0v) is 15.7. The number of hydrazine groups is 1. The third-order valence-corrected chi connectivity index (χ3v) is 4.37. The summed E-state index contributed by atoms with van der Waals surface area (Å²) >= 11 is 1.29. The van der Waals surface area contributed by atoms with Crippen LogP contribution in [0.1, 0.15) is 20.7 Å². The van der Waals surface area contributed by atoms with E-state index in [0.29, 0.717) is 27.6 Å². The summed E-state index contributed by atoms with van der Waals surface area (Å²) in [4.78, 5) is 24.8. The minimum absolute atomic E-state index is 0.280. The minimum Gasteiger partial charge on any atom is -0.457 e. The summed E-state index contributed by atoms with van der Waals surface area (Å²) in [6.45, 7) is 0. The molecule has 0 aliphatic carbocycles. The Morgan fingerprint density at radius 1 is 0.926 bits per heavy atom. The second-order valence-corrected chi connectivity index (χ2v) is 6.81. The van der Waals surface area contributed by atoms with Crippen molar-refractivity contribution in [3.63, 3.8) is 0 Å². The molecule has 1 aromatic heterocycles. The largest absolute Gasteiger partial charge is 0.457 e. The molecule has 7 heteroatoms. The van der Waals surface area contributed by atoms with E-state index in [-0.39, 0.29) is 11.8 Å². The monoisotopic (exact) mass is 381 g/mol. The highest BCUT2D eigenvalue weighted by Gasteiger charge is 2.16. The van der Waals surface area contributed by atoms with Crippen molar-refractivity contribution in [3.05, 3.63) is 77.2 Å². The normalized spacial score (nSPS) is 10.5. The first-order valence-corrected chi connectivity index (χ1v) is 9.11. The number of benzene rings is 2. The molecule has 3 aromatic rings. The molecule has 2 N–H and O–H groups in total. The van der Waals surface area contributed by atoms with Crippen LogP contribution in [0.2, 0.25) is 0 Å². The van der Waals surface area contributed by atoms with E-state index >= 15 is 0 Å². The summed E-state index contributed by atoms with van der Waals surface area (Å²) < 4.78 is 5.76. The molecular weight excluding hydrogens is 362 g/mol. The highest BCUT2D eigenvalue weighted by atomic mass is 32.1. The molecule has 6 nitrogen and oxygen atoms in total. The second kappa shape index (κ2) is 8.48. The van der Waals surface area contributed by atoms with Gasteiger partial charge < -0.3 is 10.1 Å². The van der Waals surface area contributed by atoms with Gasteiger partial charge in [-0.05, 0) is 41.8 Å². The van der Waals surface area contributed by atoms with E-state index in [2.05, 4.69) is 10.7 Å². The van der Waals surface area contributed by atoms with Crippen molar-refractivity contribution >= 4 is 28.2 Å². The summed E-state index contributed by atoms with van der Waals surface area (Å²) in [5, 5.41) is 6.60. The maximum Gasteiger partial charge on any atom is 0.268 e. The second-order valence-electron chi connectivity index (χ2n) is 5.90. The Bertz CT molecular complexity index is 938. The molecule has 0 saturated carbocycles. The number of ether oxygens (including phenoxy) is 1. The number of carbonyl (C=O) groups is 2. The van der Waals surface area contributed by atoms with Crippen LogP contribution in [0.5, 0.6) is 11.5 Å². The summed E-state index contributed by atoms with van der Waals surface area (Å²) in [6, 6.07) is 17.9. The average molecular weight is 381 g/mol. The topological polar surface area (TPSA) is 70.7 Å². The number of anilines is 1. The zero-order chi connectivity index (χ0) is 19.2. The molecule has 0 radical (unpaired) electrons. The van der Waals surface area contributed by atoms with Gasteiger partial charge in [0, 0.05) is 19.7 Å².